The second kappa shape index (κ2) is 9.56. The van der Waals surface area contributed by atoms with Crippen molar-refractivity contribution in [2.45, 2.75) is 13.1 Å². The molecule has 0 radical (unpaired) electrons. The highest BCUT2D eigenvalue weighted by Gasteiger charge is 2.31. The maximum Gasteiger partial charge on any atom is 0.416 e. The molecule has 0 bridgehead atoms. The van der Waals surface area contributed by atoms with E-state index in [1.54, 1.807) is 12.3 Å². The maximum atomic E-state index is 13.0. The number of amides is 1. The predicted molar refractivity (Wildman–Crippen MR) is 123 cm³/mol. The third-order valence-corrected chi connectivity index (χ3v) is 5.78. The van der Waals surface area contributed by atoms with Crippen LogP contribution in [0.5, 0.6) is 0 Å². The molecule has 4 aromatic rings. The Bertz CT molecular complexity index is 1330. The van der Waals surface area contributed by atoms with Crippen molar-refractivity contribution in [2.24, 2.45) is 0 Å². The van der Waals surface area contributed by atoms with Gasteiger partial charge in [-0.3, -0.25) is 4.79 Å². The van der Waals surface area contributed by atoms with E-state index < -0.39 is 23.6 Å². The highest BCUT2D eigenvalue weighted by Crippen LogP contribution is 2.37. The van der Waals surface area contributed by atoms with Crippen LogP contribution in [-0.2, 0) is 10.9 Å². The van der Waals surface area contributed by atoms with E-state index in [0.717, 1.165) is 29.0 Å². The van der Waals surface area contributed by atoms with Gasteiger partial charge in [0.1, 0.15) is 16.3 Å². The Morgan fingerprint density at radius 3 is 2.44 bits per heavy atom. The minimum absolute atomic E-state index is 0.109. The van der Waals surface area contributed by atoms with Crippen LogP contribution < -0.4 is 5.32 Å². The molecule has 2 aromatic carbocycles. The monoisotopic (exact) mass is 485 g/mol. The van der Waals surface area contributed by atoms with Crippen molar-refractivity contribution in [1.29, 1.82) is 0 Å². The lowest BCUT2D eigenvalue weighted by molar-refractivity contribution is -0.137. The minimum Gasteiger partial charge on any atom is -0.462 e. The Balaban J connectivity index is 1.61. The number of carbonyl (C=O) groups excluding carboxylic acids is 2. The Morgan fingerprint density at radius 2 is 1.74 bits per heavy atom. The largest absolute Gasteiger partial charge is 0.462 e. The van der Waals surface area contributed by atoms with Crippen molar-refractivity contribution in [2.75, 3.05) is 11.9 Å². The number of anilines is 1. The Kier molecular flexibility index (Phi) is 6.56. The van der Waals surface area contributed by atoms with Gasteiger partial charge < -0.3 is 14.5 Å². The first-order valence-electron chi connectivity index (χ1n) is 10.2. The van der Waals surface area contributed by atoms with Gasteiger partial charge in [-0.05, 0) is 36.8 Å². The van der Waals surface area contributed by atoms with Crippen molar-refractivity contribution < 1.29 is 31.9 Å². The van der Waals surface area contributed by atoms with Gasteiger partial charge in [0, 0.05) is 16.5 Å². The zero-order valence-electron chi connectivity index (χ0n) is 17.8. The summed E-state index contributed by atoms with van der Waals surface area (Å²) < 4.78 is 49.7. The van der Waals surface area contributed by atoms with Gasteiger partial charge in [0.25, 0.3) is 5.91 Å². The fourth-order valence-corrected chi connectivity index (χ4v) is 4.27. The molecule has 4 rings (SSSR count). The Hall–Kier alpha value is -3.85. The third kappa shape index (κ3) is 4.89. The van der Waals surface area contributed by atoms with Crippen molar-refractivity contribution in [3.63, 3.8) is 0 Å². The van der Waals surface area contributed by atoms with E-state index in [1.165, 1.54) is 24.3 Å². The zero-order valence-corrected chi connectivity index (χ0v) is 18.6. The molecule has 1 N–H and O–H groups in total. The smallest absolute Gasteiger partial charge is 0.416 e. The van der Waals surface area contributed by atoms with E-state index in [-0.39, 0.29) is 34.3 Å². The van der Waals surface area contributed by atoms with Gasteiger partial charge in [0.05, 0.1) is 12.2 Å². The first-order valence-corrected chi connectivity index (χ1v) is 11.1. The average Bonchev–Trinajstić information content (AvgIpc) is 3.47. The van der Waals surface area contributed by atoms with Crippen molar-refractivity contribution in [3.05, 3.63) is 89.0 Å². The molecule has 34 heavy (non-hydrogen) atoms. The van der Waals surface area contributed by atoms with E-state index in [1.807, 2.05) is 30.3 Å². The minimum atomic E-state index is -4.50. The number of ether oxygens (including phenoxy) is 1. The van der Waals surface area contributed by atoms with Crippen LogP contribution in [0.1, 0.15) is 33.4 Å². The zero-order chi connectivity index (χ0) is 24.3. The first-order chi connectivity index (χ1) is 16.3. The van der Waals surface area contributed by atoms with E-state index in [2.05, 4.69) is 5.32 Å². The molecule has 5 nitrogen and oxygen atoms in total. The number of carbonyl (C=O) groups is 2. The number of benzene rings is 2. The predicted octanol–water partition coefficient (Wildman–Crippen LogP) is 7.12. The summed E-state index contributed by atoms with van der Waals surface area (Å²) in [6, 6.07) is 16.6. The van der Waals surface area contributed by atoms with E-state index >= 15 is 0 Å². The lowest BCUT2D eigenvalue weighted by Gasteiger charge is -2.08. The van der Waals surface area contributed by atoms with Crippen LogP contribution in [0.15, 0.2) is 76.5 Å². The van der Waals surface area contributed by atoms with Gasteiger partial charge in [0.2, 0.25) is 0 Å². The summed E-state index contributed by atoms with van der Waals surface area (Å²) in [4.78, 5) is 25.5. The third-order valence-electron chi connectivity index (χ3n) is 4.89. The number of hydrogen-bond acceptors (Lipinski definition) is 5. The summed E-state index contributed by atoms with van der Waals surface area (Å²) in [5.74, 6) is -1.23. The lowest BCUT2D eigenvalue weighted by atomic mass is 10.0. The quantitative estimate of drug-likeness (QED) is 0.295. The second-order valence-electron chi connectivity index (χ2n) is 7.14. The first kappa shape index (κ1) is 23.3. The summed E-state index contributed by atoms with van der Waals surface area (Å²) in [5.41, 5.74) is 0.980. The topological polar surface area (TPSA) is 68.5 Å². The molecule has 0 aliphatic carbocycles. The highest BCUT2D eigenvalue weighted by atomic mass is 32.1. The molecule has 0 aliphatic heterocycles. The van der Waals surface area contributed by atoms with E-state index in [4.69, 9.17) is 9.15 Å². The SMILES string of the molecule is CCOC(=O)c1c(-c2ccccc2)csc1NC(=O)c1ccc(-c2cccc(C(F)(F)F)c2)o1. The number of thiophene rings is 1. The number of rotatable bonds is 6. The molecule has 2 heterocycles. The fraction of sp³-hybridized carbons (Fsp3) is 0.120. The number of halogens is 3. The molecule has 0 spiro atoms. The maximum absolute atomic E-state index is 13.0. The normalized spacial score (nSPS) is 11.3. The van der Waals surface area contributed by atoms with Gasteiger partial charge in [-0.1, -0.05) is 42.5 Å². The Labute approximate surface area is 196 Å². The molecule has 0 saturated carbocycles. The summed E-state index contributed by atoms with van der Waals surface area (Å²) in [6.45, 7) is 1.84. The van der Waals surface area contributed by atoms with Gasteiger partial charge in [-0.25, -0.2) is 4.79 Å². The summed E-state index contributed by atoms with van der Waals surface area (Å²) in [7, 11) is 0. The Morgan fingerprint density at radius 1 is 1.00 bits per heavy atom. The molecule has 0 unspecified atom stereocenters. The molecule has 0 aliphatic rings. The van der Waals surface area contributed by atoms with Crippen LogP contribution in [0.4, 0.5) is 18.2 Å². The summed E-state index contributed by atoms with van der Waals surface area (Å²) in [5, 5.41) is 4.68. The van der Waals surface area contributed by atoms with Crippen LogP contribution in [-0.4, -0.2) is 18.5 Å². The molecule has 0 atom stereocenters. The lowest BCUT2D eigenvalue weighted by Crippen LogP contribution is -2.14. The molecule has 0 saturated heterocycles. The van der Waals surface area contributed by atoms with E-state index in [9.17, 15) is 22.8 Å². The van der Waals surface area contributed by atoms with Crippen molar-refractivity contribution in [1.82, 2.24) is 0 Å². The standard InChI is InChI=1S/C25H18F3NO4S/c1-2-32-24(31)21-18(15-7-4-3-5-8-15)14-34-23(21)29-22(30)20-12-11-19(33-20)16-9-6-10-17(13-16)25(26,27)28/h3-14H,2H2,1H3,(H,29,30). The van der Waals surface area contributed by atoms with Crippen LogP contribution in [0, 0.1) is 0 Å². The average molecular weight is 485 g/mol. The molecular weight excluding hydrogens is 467 g/mol. The molecule has 174 valence electrons. The van der Waals surface area contributed by atoms with E-state index in [0.29, 0.717) is 5.56 Å². The van der Waals surface area contributed by atoms with Gasteiger partial charge in [-0.2, -0.15) is 13.2 Å². The van der Waals surface area contributed by atoms with Gasteiger partial charge in [-0.15, -0.1) is 11.3 Å². The van der Waals surface area contributed by atoms with Gasteiger partial charge >= 0.3 is 12.1 Å². The molecule has 0 fully saturated rings. The fourth-order valence-electron chi connectivity index (χ4n) is 3.31. The number of furan rings is 1. The van der Waals surface area contributed by atoms with Gasteiger partial charge in [0.15, 0.2) is 5.76 Å². The number of alkyl halides is 3. The van der Waals surface area contributed by atoms with Crippen LogP contribution in [0.25, 0.3) is 22.5 Å². The highest BCUT2D eigenvalue weighted by molar-refractivity contribution is 7.15. The molecule has 1 amide bonds. The summed E-state index contributed by atoms with van der Waals surface area (Å²) in [6.07, 6.45) is -4.50. The van der Waals surface area contributed by atoms with Crippen molar-refractivity contribution in [3.8, 4) is 22.5 Å². The number of hydrogen-bond donors (Lipinski definition) is 1. The summed E-state index contributed by atoms with van der Waals surface area (Å²) >= 11 is 1.16. The van der Waals surface area contributed by atoms with Crippen LogP contribution in [0.3, 0.4) is 0 Å². The number of nitrogens with one attached hydrogen (secondary N) is 1. The van der Waals surface area contributed by atoms with Crippen LogP contribution >= 0.6 is 11.3 Å². The molecular formula is C25H18F3NO4S. The molecule has 9 heteroatoms. The number of esters is 1. The second-order valence-corrected chi connectivity index (χ2v) is 8.02. The molecule has 2 aromatic heterocycles. The van der Waals surface area contributed by atoms with Crippen molar-refractivity contribution >= 4 is 28.2 Å². The van der Waals surface area contributed by atoms with Crippen LogP contribution in [0.2, 0.25) is 0 Å².